The zero-order valence-corrected chi connectivity index (χ0v) is 17.1. The zero-order valence-electron chi connectivity index (χ0n) is 14.7. The van der Waals surface area contributed by atoms with Gasteiger partial charge in [0.05, 0.1) is 10.9 Å². The van der Waals surface area contributed by atoms with E-state index < -0.39 is 60.6 Å². The van der Waals surface area contributed by atoms with Crippen LogP contribution in [0, 0.1) is 18.6 Å². The molecule has 0 unspecified atom stereocenters. The van der Waals surface area contributed by atoms with Gasteiger partial charge in [0.25, 0.3) is 5.91 Å². The number of benzene rings is 1. The molecule has 14 heteroatoms. The minimum Gasteiger partial charge on any atom is -0.343 e. The summed E-state index contributed by atoms with van der Waals surface area (Å²) < 4.78 is 90.7. The van der Waals surface area contributed by atoms with Crippen molar-refractivity contribution in [2.45, 2.75) is 17.3 Å². The van der Waals surface area contributed by atoms with Crippen LogP contribution in [0.2, 0.25) is 5.02 Å². The lowest BCUT2D eigenvalue weighted by molar-refractivity contribution is -0.0328. The van der Waals surface area contributed by atoms with Crippen molar-refractivity contribution in [2.75, 3.05) is 11.2 Å². The van der Waals surface area contributed by atoms with Crippen molar-refractivity contribution in [1.82, 2.24) is 9.29 Å². The first kappa shape index (κ1) is 23.4. The number of alkyl halides is 3. The molecule has 1 amide bonds. The Labute approximate surface area is 171 Å². The van der Waals surface area contributed by atoms with Crippen LogP contribution in [0.25, 0.3) is 0 Å². The van der Waals surface area contributed by atoms with E-state index in [1.807, 2.05) is 0 Å². The van der Waals surface area contributed by atoms with Gasteiger partial charge in [-0.15, -0.1) is 0 Å². The highest BCUT2D eigenvalue weighted by molar-refractivity contribution is 8.01. The number of halogens is 6. The molecule has 160 valence electrons. The largest absolute Gasteiger partial charge is 0.443 e. The van der Waals surface area contributed by atoms with Gasteiger partial charge < -0.3 is 9.88 Å². The number of rotatable bonds is 6. The van der Waals surface area contributed by atoms with Gasteiger partial charge in [0.1, 0.15) is 10.6 Å². The summed E-state index contributed by atoms with van der Waals surface area (Å²) in [5.41, 5.74) is -4.91. The third-order valence-corrected chi connectivity index (χ3v) is 6.33. The monoisotopic (exact) mass is 477 g/mol. The van der Waals surface area contributed by atoms with Crippen LogP contribution in [0.1, 0.15) is 16.2 Å². The number of hydrogen-bond donors (Lipinski definition) is 2. The lowest BCUT2D eigenvalue weighted by atomic mass is 10.3. The molecule has 2 rings (SSSR count). The van der Waals surface area contributed by atoms with Crippen LogP contribution < -0.4 is 10.0 Å². The number of aromatic nitrogens is 1. The number of carbonyl (C=O) groups is 1. The number of anilines is 1. The second kappa shape index (κ2) is 8.50. The number of sulfonamides is 1. The predicted molar refractivity (Wildman–Crippen MR) is 98.3 cm³/mol. The molecule has 1 aromatic carbocycles. The SMILES string of the molecule is Cc1c(S(=O)(=O)NCSC(F)(F)F)cc(C(=O)Nc2cc(F)c(F)c(Cl)c2)n1C. The molecule has 6 nitrogen and oxygen atoms in total. The molecule has 0 atom stereocenters. The Balaban J connectivity index is 2.26. The summed E-state index contributed by atoms with van der Waals surface area (Å²) in [5.74, 6) is -4.42. The number of nitrogens with one attached hydrogen (secondary N) is 2. The summed E-state index contributed by atoms with van der Waals surface area (Å²) in [7, 11) is -2.99. The number of hydrogen-bond acceptors (Lipinski definition) is 4. The molecule has 0 saturated carbocycles. The van der Waals surface area contributed by atoms with Crippen LogP contribution in [-0.2, 0) is 17.1 Å². The molecule has 0 spiro atoms. The highest BCUT2D eigenvalue weighted by Gasteiger charge is 2.30. The number of carbonyl (C=O) groups excluding carboxylic acids is 1. The van der Waals surface area contributed by atoms with E-state index in [9.17, 15) is 35.2 Å². The van der Waals surface area contributed by atoms with Gasteiger partial charge in [-0.1, -0.05) is 11.6 Å². The molecule has 0 bridgehead atoms. The van der Waals surface area contributed by atoms with Crippen LogP contribution in [-0.4, -0.2) is 30.3 Å². The predicted octanol–water partition coefficient (Wildman–Crippen LogP) is 4.01. The molecule has 1 heterocycles. The van der Waals surface area contributed by atoms with Gasteiger partial charge in [-0.3, -0.25) is 4.79 Å². The van der Waals surface area contributed by atoms with Crippen molar-refractivity contribution < 1.29 is 35.2 Å². The van der Waals surface area contributed by atoms with E-state index in [-0.39, 0.29) is 17.1 Å². The smallest absolute Gasteiger partial charge is 0.343 e. The Morgan fingerprint density at radius 1 is 1.24 bits per heavy atom. The molecule has 0 aliphatic rings. The van der Waals surface area contributed by atoms with E-state index in [0.717, 1.165) is 12.1 Å². The van der Waals surface area contributed by atoms with E-state index in [1.54, 1.807) is 4.72 Å². The molecular formula is C15H13ClF5N3O3S2. The van der Waals surface area contributed by atoms with E-state index >= 15 is 0 Å². The van der Waals surface area contributed by atoms with Crippen LogP contribution in [0.15, 0.2) is 23.1 Å². The molecule has 0 aliphatic heterocycles. The van der Waals surface area contributed by atoms with Gasteiger partial charge in [-0.2, -0.15) is 13.2 Å². The quantitative estimate of drug-likeness (QED) is 0.374. The fourth-order valence-electron chi connectivity index (χ4n) is 2.25. The van der Waals surface area contributed by atoms with Gasteiger partial charge in [0.15, 0.2) is 11.6 Å². The average Bonchev–Trinajstić information content (AvgIpc) is 2.87. The molecule has 2 N–H and O–H groups in total. The van der Waals surface area contributed by atoms with E-state index in [2.05, 4.69) is 5.32 Å². The summed E-state index contributed by atoms with van der Waals surface area (Å²) in [6.45, 7) is 1.34. The maximum absolute atomic E-state index is 13.4. The summed E-state index contributed by atoms with van der Waals surface area (Å²) in [5, 5.41) is 1.67. The third kappa shape index (κ3) is 5.62. The first-order valence-corrected chi connectivity index (χ1v) is 10.4. The Hall–Kier alpha value is -1.83. The highest BCUT2D eigenvalue weighted by Crippen LogP contribution is 2.30. The summed E-state index contributed by atoms with van der Waals surface area (Å²) in [6.07, 6.45) is 0. The van der Waals surface area contributed by atoms with Gasteiger partial charge in [-0.25, -0.2) is 21.9 Å². The average molecular weight is 478 g/mol. The Bertz CT molecular complexity index is 1030. The molecule has 0 fully saturated rings. The van der Waals surface area contributed by atoms with Gasteiger partial charge in [-0.05, 0) is 30.8 Å². The fourth-order valence-corrected chi connectivity index (χ4v) is 4.43. The Morgan fingerprint density at radius 3 is 2.41 bits per heavy atom. The highest BCUT2D eigenvalue weighted by atomic mass is 35.5. The molecule has 0 radical (unpaired) electrons. The van der Waals surface area contributed by atoms with Crippen molar-refractivity contribution in [2.24, 2.45) is 7.05 Å². The van der Waals surface area contributed by atoms with Gasteiger partial charge >= 0.3 is 5.51 Å². The van der Waals surface area contributed by atoms with Crippen molar-refractivity contribution in [3.63, 3.8) is 0 Å². The standard InChI is InChI=1S/C15H13ClF5N3O3S2/c1-7-12(29(26,27)22-6-28-15(19,20)21)5-11(24(7)2)14(25)23-8-3-9(16)13(18)10(17)4-8/h3-5,22H,6H2,1-2H3,(H,23,25). The first-order valence-electron chi connectivity index (χ1n) is 7.55. The Kier molecular flexibility index (Phi) is 6.87. The van der Waals surface area contributed by atoms with E-state index in [1.165, 1.54) is 18.5 Å². The lowest BCUT2D eigenvalue weighted by Crippen LogP contribution is -2.25. The lowest BCUT2D eigenvalue weighted by Gasteiger charge is -2.09. The minimum atomic E-state index is -4.62. The molecule has 29 heavy (non-hydrogen) atoms. The summed E-state index contributed by atoms with van der Waals surface area (Å²) in [6, 6.07) is 2.59. The van der Waals surface area contributed by atoms with Gasteiger partial charge in [0, 0.05) is 24.5 Å². The van der Waals surface area contributed by atoms with E-state index in [4.69, 9.17) is 11.6 Å². The maximum atomic E-state index is 13.4. The number of thioether (sulfide) groups is 1. The van der Waals surface area contributed by atoms with Gasteiger partial charge in [0.2, 0.25) is 10.0 Å². The minimum absolute atomic E-state index is 0.0722. The zero-order chi connectivity index (χ0) is 22.1. The van der Waals surface area contributed by atoms with Crippen LogP contribution >= 0.6 is 23.4 Å². The molecule has 2 aromatic rings. The molecule has 0 saturated heterocycles. The van der Waals surface area contributed by atoms with Crippen molar-refractivity contribution in [3.8, 4) is 0 Å². The topological polar surface area (TPSA) is 80.2 Å². The van der Waals surface area contributed by atoms with Crippen LogP contribution in [0.3, 0.4) is 0 Å². The number of amides is 1. The van der Waals surface area contributed by atoms with E-state index in [0.29, 0.717) is 6.07 Å². The fraction of sp³-hybridized carbons (Fsp3) is 0.267. The second-order valence-corrected chi connectivity index (χ2v) is 8.81. The molecular weight excluding hydrogens is 465 g/mol. The second-order valence-electron chi connectivity index (χ2n) is 5.63. The van der Waals surface area contributed by atoms with Crippen molar-refractivity contribution >= 4 is 45.0 Å². The van der Waals surface area contributed by atoms with Crippen molar-refractivity contribution in [1.29, 1.82) is 0 Å². The first-order chi connectivity index (χ1) is 13.2. The normalized spacial score (nSPS) is 12.3. The molecule has 0 aliphatic carbocycles. The maximum Gasteiger partial charge on any atom is 0.443 e. The summed E-state index contributed by atoms with van der Waals surface area (Å²) >= 11 is 4.94. The third-order valence-electron chi connectivity index (χ3n) is 3.74. The number of nitrogens with zero attached hydrogens (tertiary/aromatic N) is 1. The Morgan fingerprint density at radius 2 is 1.86 bits per heavy atom. The molecule has 1 aromatic heterocycles. The van der Waals surface area contributed by atoms with Crippen LogP contribution in [0.5, 0.6) is 0 Å². The van der Waals surface area contributed by atoms with Crippen molar-refractivity contribution in [3.05, 3.63) is 46.2 Å². The van der Waals surface area contributed by atoms with Crippen LogP contribution in [0.4, 0.5) is 27.6 Å². The summed E-state index contributed by atoms with van der Waals surface area (Å²) in [4.78, 5) is 12.0.